The summed E-state index contributed by atoms with van der Waals surface area (Å²) in [5, 5.41) is 3.01. The largest absolute Gasteiger partial charge is 0.345 e. The van der Waals surface area contributed by atoms with Gasteiger partial charge in [-0.1, -0.05) is 6.07 Å². The number of aromatic nitrogens is 4. The van der Waals surface area contributed by atoms with E-state index in [-0.39, 0.29) is 5.03 Å². The van der Waals surface area contributed by atoms with Gasteiger partial charge < -0.3 is 4.90 Å². The summed E-state index contributed by atoms with van der Waals surface area (Å²) in [6.45, 7) is 0. The smallest absolute Gasteiger partial charge is 0.329 e. The highest BCUT2D eigenvalue weighted by Crippen LogP contribution is 2.17. The van der Waals surface area contributed by atoms with Crippen LogP contribution in [0.5, 0.6) is 0 Å². The molecule has 2 aromatic heterocycles. The van der Waals surface area contributed by atoms with E-state index in [2.05, 4.69) is 31.0 Å². The van der Waals surface area contributed by atoms with Crippen LogP contribution in [-0.2, 0) is 9.84 Å². The minimum atomic E-state index is -3.95. The number of pyridine rings is 1. The molecule has 0 fully saturated rings. The third-order valence-corrected chi connectivity index (χ3v) is 4.14. The van der Waals surface area contributed by atoms with Gasteiger partial charge in [-0.05, 0) is 28.1 Å². The zero-order valence-corrected chi connectivity index (χ0v) is 13.0. The van der Waals surface area contributed by atoms with Gasteiger partial charge in [0.2, 0.25) is 0 Å². The summed E-state index contributed by atoms with van der Waals surface area (Å²) in [6, 6.07) is 3.96. The predicted molar refractivity (Wildman–Crippen MR) is 71.9 cm³/mol. The van der Waals surface area contributed by atoms with Crippen molar-refractivity contribution in [3.05, 3.63) is 29.1 Å². The molecular weight excluding hydrogens is 350 g/mol. The quantitative estimate of drug-likeness (QED) is 0.735. The lowest BCUT2D eigenvalue weighted by molar-refractivity contribution is 0.215. The average Bonchev–Trinajstić information content (AvgIpc) is 2.87. The molecule has 0 radical (unpaired) electrons. The normalized spacial score (nSPS) is 11.3. The zero-order valence-electron chi connectivity index (χ0n) is 10.6. The molecule has 2 heterocycles. The van der Waals surface area contributed by atoms with Crippen LogP contribution in [0, 0.1) is 0 Å². The Bertz CT molecular complexity index is 756. The van der Waals surface area contributed by atoms with Gasteiger partial charge in [-0.2, -0.15) is 4.68 Å². The molecule has 10 heteroatoms. The van der Waals surface area contributed by atoms with Gasteiger partial charge in [0.05, 0.1) is 0 Å². The summed E-state index contributed by atoms with van der Waals surface area (Å²) in [5.74, 6) is 0. The van der Waals surface area contributed by atoms with Crippen molar-refractivity contribution < 1.29 is 13.2 Å². The highest BCUT2D eigenvalue weighted by Gasteiger charge is 2.25. The molecule has 0 unspecified atom stereocenters. The molecule has 0 saturated heterocycles. The predicted octanol–water partition coefficient (Wildman–Crippen LogP) is 0.798. The van der Waals surface area contributed by atoms with Gasteiger partial charge in [-0.15, -0.1) is 5.10 Å². The number of nitrogens with zero attached hydrogens (tertiary/aromatic N) is 5. The van der Waals surface area contributed by atoms with Gasteiger partial charge in [-0.3, -0.25) is 0 Å². The van der Waals surface area contributed by atoms with Gasteiger partial charge >= 0.3 is 6.03 Å². The SMILES string of the molecule is CN(C)C(=O)n1cnc(S(=O)(=O)c2cccc(Br)n2)n1. The van der Waals surface area contributed by atoms with Crippen LogP contribution in [0.15, 0.2) is 39.3 Å². The average molecular weight is 360 g/mol. The molecule has 0 saturated carbocycles. The molecule has 0 atom stereocenters. The van der Waals surface area contributed by atoms with Crippen molar-refractivity contribution in [2.75, 3.05) is 14.1 Å². The van der Waals surface area contributed by atoms with Crippen molar-refractivity contribution in [3.63, 3.8) is 0 Å². The molecule has 0 aromatic carbocycles. The minimum absolute atomic E-state index is 0.193. The standard InChI is InChI=1S/C10H10BrN5O3S/c1-15(2)10(17)16-6-12-9(14-16)20(18,19)8-5-3-4-7(11)13-8/h3-6H,1-2H3. The second-order valence-corrected chi connectivity index (χ2v) is 6.55. The first-order chi connectivity index (χ1) is 9.32. The molecule has 0 aliphatic heterocycles. The highest BCUT2D eigenvalue weighted by atomic mass is 79.9. The molecule has 1 amide bonds. The lowest BCUT2D eigenvalue weighted by Crippen LogP contribution is -2.27. The van der Waals surface area contributed by atoms with Crippen molar-refractivity contribution in [3.8, 4) is 0 Å². The Kier molecular flexibility index (Phi) is 3.86. The topological polar surface area (TPSA) is 98.1 Å². The Balaban J connectivity index is 2.44. The first kappa shape index (κ1) is 14.6. The third-order valence-electron chi connectivity index (χ3n) is 2.25. The van der Waals surface area contributed by atoms with Crippen molar-refractivity contribution in [1.82, 2.24) is 24.6 Å². The monoisotopic (exact) mass is 359 g/mol. The molecule has 0 aliphatic rings. The van der Waals surface area contributed by atoms with Crippen LogP contribution in [0.25, 0.3) is 0 Å². The number of hydrogen-bond acceptors (Lipinski definition) is 6. The van der Waals surface area contributed by atoms with Crippen LogP contribution in [-0.4, -0.2) is 53.2 Å². The molecule has 0 N–H and O–H groups in total. The Morgan fingerprint density at radius 3 is 2.65 bits per heavy atom. The number of rotatable bonds is 2. The number of hydrogen-bond donors (Lipinski definition) is 0. The fraction of sp³-hybridized carbons (Fsp3) is 0.200. The van der Waals surface area contributed by atoms with E-state index < -0.39 is 21.0 Å². The fourth-order valence-electron chi connectivity index (χ4n) is 1.30. The van der Waals surface area contributed by atoms with Crippen molar-refractivity contribution in [1.29, 1.82) is 0 Å². The lowest BCUT2D eigenvalue weighted by Gasteiger charge is -2.07. The van der Waals surface area contributed by atoms with Crippen LogP contribution >= 0.6 is 15.9 Å². The van der Waals surface area contributed by atoms with E-state index in [1.54, 1.807) is 6.07 Å². The first-order valence-electron chi connectivity index (χ1n) is 5.33. The van der Waals surface area contributed by atoms with Gasteiger partial charge in [0, 0.05) is 14.1 Å². The van der Waals surface area contributed by atoms with Crippen molar-refractivity contribution in [2.45, 2.75) is 10.2 Å². The summed E-state index contributed by atoms with van der Waals surface area (Å²) < 4.78 is 25.7. The maximum Gasteiger partial charge on any atom is 0.345 e. The Labute approximate surface area is 123 Å². The molecule has 20 heavy (non-hydrogen) atoms. The van der Waals surface area contributed by atoms with Crippen molar-refractivity contribution in [2.24, 2.45) is 0 Å². The van der Waals surface area contributed by atoms with Crippen LogP contribution in [0.2, 0.25) is 0 Å². The van der Waals surface area contributed by atoms with E-state index in [0.717, 1.165) is 11.0 Å². The van der Waals surface area contributed by atoms with Crippen molar-refractivity contribution >= 4 is 31.8 Å². The molecule has 0 bridgehead atoms. The molecule has 2 aromatic rings. The van der Waals surface area contributed by atoms with Gasteiger partial charge in [0.25, 0.3) is 15.0 Å². The van der Waals surface area contributed by atoms with E-state index in [9.17, 15) is 13.2 Å². The first-order valence-corrected chi connectivity index (χ1v) is 7.61. The summed E-state index contributed by atoms with van der Waals surface area (Å²) in [4.78, 5) is 20.4. The van der Waals surface area contributed by atoms with E-state index in [4.69, 9.17) is 0 Å². The summed E-state index contributed by atoms with van der Waals surface area (Å²) in [5.41, 5.74) is 0. The molecule has 2 rings (SSSR count). The Morgan fingerprint density at radius 1 is 1.35 bits per heavy atom. The maximum atomic E-state index is 12.2. The summed E-state index contributed by atoms with van der Waals surface area (Å²) in [6.07, 6.45) is 1.05. The molecule has 8 nitrogen and oxygen atoms in total. The molecule has 106 valence electrons. The van der Waals surface area contributed by atoms with E-state index in [1.807, 2.05) is 0 Å². The number of halogens is 1. The number of carbonyl (C=O) groups excluding carboxylic acids is 1. The number of carbonyl (C=O) groups is 1. The second kappa shape index (κ2) is 5.29. The Hall–Kier alpha value is -1.81. The lowest BCUT2D eigenvalue weighted by atomic mass is 10.5. The second-order valence-electron chi connectivity index (χ2n) is 3.95. The number of sulfone groups is 1. The number of amides is 1. The maximum absolute atomic E-state index is 12.2. The third kappa shape index (κ3) is 2.70. The zero-order chi connectivity index (χ0) is 14.9. The van der Waals surface area contributed by atoms with Crippen LogP contribution in [0.1, 0.15) is 0 Å². The molecular formula is C10H10BrN5O3S. The van der Waals surface area contributed by atoms with Crippen LogP contribution in [0.4, 0.5) is 4.79 Å². The molecule has 0 spiro atoms. The Morgan fingerprint density at radius 2 is 2.05 bits per heavy atom. The fourth-order valence-corrected chi connectivity index (χ4v) is 2.81. The van der Waals surface area contributed by atoms with E-state index >= 15 is 0 Å². The highest BCUT2D eigenvalue weighted by molar-refractivity contribution is 9.10. The van der Waals surface area contributed by atoms with Gasteiger partial charge in [0.1, 0.15) is 10.9 Å². The van der Waals surface area contributed by atoms with Gasteiger partial charge in [-0.25, -0.2) is 23.2 Å². The summed E-state index contributed by atoms with van der Waals surface area (Å²) in [7, 11) is -0.911. The van der Waals surface area contributed by atoms with Crippen LogP contribution in [0.3, 0.4) is 0 Å². The molecule has 0 aliphatic carbocycles. The summed E-state index contributed by atoms with van der Waals surface area (Å²) >= 11 is 3.09. The van der Waals surface area contributed by atoms with E-state index in [1.165, 1.54) is 31.1 Å². The van der Waals surface area contributed by atoms with Crippen LogP contribution < -0.4 is 0 Å². The minimum Gasteiger partial charge on any atom is -0.329 e. The van der Waals surface area contributed by atoms with E-state index in [0.29, 0.717) is 4.60 Å². The van der Waals surface area contributed by atoms with Gasteiger partial charge in [0.15, 0.2) is 5.03 Å².